The van der Waals surface area contributed by atoms with Crippen molar-refractivity contribution in [2.45, 2.75) is 33.3 Å². The molecule has 0 bridgehead atoms. The van der Waals surface area contributed by atoms with Crippen LogP contribution in [0.15, 0.2) is 60.0 Å². The maximum atomic E-state index is 12.3. The molecule has 5 nitrogen and oxygen atoms in total. The standard InChI is InChI=1S/C22H22N2O3S/c1-15(2)17-9-11-18(12-10-17)21(26)27-13-19-14-28-22(23-19)24(16(3)25)20-7-5-4-6-8-20/h4-12,14-15H,13H2,1-3H3. The highest BCUT2D eigenvalue weighted by Gasteiger charge is 2.18. The summed E-state index contributed by atoms with van der Waals surface area (Å²) in [7, 11) is 0. The van der Waals surface area contributed by atoms with Crippen molar-refractivity contribution in [3.8, 4) is 0 Å². The lowest BCUT2D eigenvalue weighted by molar-refractivity contribution is -0.115. The van der Waals surface area contributed by atoms with Gasteiger partial charge in [0.2, 0.25) is 5.91 Å². The van der Waals surface area contributed by atoms with E-state index in [9.17, 15) is 9.59 Å². The fourth-order valence-corrected chi connectivity index (χ4v) is 3.57. The van der Waals surface area contributed by atoms with Crippen LogP contribution < -0.4 is 4.90 Å². The smallest absolute Gasteiger partial charge is 0.338 e. The highest BCUT2D eigenvalue weighted by atomic mass is 32.1. The molecule has 0 aliphatic carbocycles. The monoisotopic (exact) mass is 394 g/mol. The summed E-state index contributed by atoms with van der Waals surface area (Å²) in [5.41, 5.74) is 3.04. The molecule has 144 valence electrons. The van der Waals surface area contributed by atoms with E-state index < -0.39 is 5.97 Å². The van der Waals surface area contributed by atoms with Gasteiger partial charge in [0.25, 0.3) is 0 Å². The molecule has 1 aromatic heterocycles. The highest BCUT2D eigenvalue weighted by molar-refractivity contribution is 7.14. The van der Waals surface area contributed by atoms with Crippen LogP contribution in [0.1, 0.15) is 48.3 Å². The Bertz CT molecular complexity index is 949. The molecular formula is C22H22N2O3S. The van der Waals surface area contributed by atoms with E-state index in [4.69, 9.17) is 4.74 Å². The molecule has 0 unspecified atom stereocenters. The van der Waals surface area contributed by atoms with Crippen LogP contribution in [0.5, 0.6) is 0 Å². The Kier molecular flexibility index (Phi) is 6.21. The van der Waals surface area contributed by atoms with E-state index in [-0.39, 0.29) is 12.5 Å². The van der Waals surface area contributed by atoms with E-state index in [0.29, 0.717) is 22.3 Å². The fourth-order valence-electron chi connectivity index (χ4n) is 2.70. The quantitative estimate of drug-likeness (QED) is 0.532. The van der Waals surface area contributed by atoms with Crippen molar-refractivity contribution in [1.82, 2.24) is 4.98 Å². The molecule has 0 radical (unpaired) electrons. The Hall–Kier alpha value is -2.99. The van der Waals surface area contributed by atoms with E-state index in [1.807, 2.05) is 42.5 Å². The molecule has 0 aliphatic heterocycles. The predicted molar refractivity (Wildman–Crippen MR) is 111 cm³/mol. The normalized spacial score (nSPS) is 10.7. The molecule has 0 saturated carbocycles. The number of amides is 1. The fraction of sp³-hybridized carbons (Fsp3) is 0.227. The summed E-state index contributed by atoms with van der Waals surface area (Å²) in [6.45, 7) is 5.76. The van der Waals surface area contributed by atoms with Gasteiger partial charge in [0, 0.05) is 12.3 Å². The van der Waals surface area contributed by atoms with Gasteiger partial charge in [-0.05, 0) is 35.7 Å². The van der Waals surface area contributed by atoms with Gasteiger partial charge >= 0.3 is 5.97 Å². The molecule has 0 saturated heterocycles. The van der Waals surface area contributed by atoms with Crippen molar-refractivity contribution >= 4 is 34.0 Å². The maximum absolute atomic E-state index is 12.3. The second-order valence-corrected chi connectivity index (χ2v) is 7.50. The molecule has 3 rings (SSSR count). The number of nitrogens with zero attached hydrogens (tertiary/aromatic N) is 2. The summed E-state index contributed by atoms with van der Waals surface area (Å²) >= 11 is 1.34. The number of aromatic nitrogens is 1. The van der Waals surface area contributed by atoms with Crippen molar-refractivity contribution in [3.63, 3.8) is 0 Å². The largest absolute Gasteiger partial charge is 0.456 e. The number of benzene rings is 2. The first kappa shape index (κ1) is 19.8. The van der Waals surface area contributed by atoms with Crippen molar-refractivity contribution in [1.29, 1.82) is 0 Å². The lowest BCUT2D eigenvalue weighted by atomic mass is 10.0. The van der Waals surface area contributed by atoms with Crippen LogP contribution in [0.2, 0.25) is 0 Å². The molecular weight excluding hydrogens is 372 g/mol. The Labute approximate surface area is 168 Å². The SMILES string of the molecule is CC(=O)N(c1ccccc1)c1nc(COC(=O)c2ccc(C(C)C)cc2)cs1. The molecule has 0 aliphatic rings. The topological polar surface area (TPSA) is 59.5 Å². The molecule has 6 heteroatoms. The van der Waals surface area contributed by atoms with Crippen molar-refractivity contribution in [2.75, 3.05) is 4.90 Å². The Morgan fingerprint density at radius 3 is 2.36 bits per heavy atom. The summed E-state index contributed by atoms with van der Waals surface area (Å²) in [5, 5.41) is 2.34. The van der Waals surface area contributed by atoms with Crippen LogP contribution in [0.4, 0.5) is 10.8 Å². The van der Waals surface area contributed by atoms with Gasteiger partial charge in [-0.25, -0.2) is 9.78 Å². The average Bonchev–Trinajstić information content (AvgIpc) is 3.15. The first-order chi connectivity index (χ1) is 13.5. The van der Waals surface area contributed by atoms with E-state index in [0.717, 1.165) is 5.69 Å². The molecule has 0 fully saturated rings. The predicted octanol–water partition coefficient (Wildman–Crippen LogP) is 5.31. The lowest BCUT2D eigenvalue weighted by Crippen LogP contribution is -2.22. The molecule has 1 amide bonds. The number of ether oxygens (including phenoxy) is 1. The number of rotatable bonds is 6. The molecule has 28 heavy (non-hydrogen) atoms. The van der Waals surface area contributed by atoms with Crippen LogP contribution in [-0.2, 0) is 16.1 Å². The van der Waals surface area contributed by atoms with Crippen molar-refractivity contribution < 1.29 is 14.3 Å². The number of thiazole rings is 1. The molecule has 2 aromatic carbocycles. The zero-order valence-corrected chi connectivity index (χ0v) is 16.9. The highest BCUT2D eigenvalue weighted by Crippen LogP contribution is 2.29. The third-order valence-corrected chi connectivity index (χ3v) is 5.10. The first-order valence-electron chi connectivity index (χ1n) is 9.03. The van der Waals surface area contributed by atoms with Crippen LogP contribution in [0.25, 0.3) is 0 Å². The molecule has 3 aromatic rings. The van der Waals surface area contributed by atoms with E-state index in [1.54, 1.807) is 22.4 Å². The van der Waals surface area contributed by atoms with Crippen LogP contribution in [0, 0.1) is 0 Å². The van der Waals surface area contributed by atoms with Crippen LogP contribution >= 0.6 is 11.3 Å². The van der Waals surface area contributed by atoms with Gasteiger partial charge in [0.1, 0.15) is 6.61 Å². The summed E-state index contributed by atoms with van der Waals surface area (Å²) in [6, 6.07) is 16.8. The molecule has 0 spiro atoms. The zero-order chi connectivity index (χ0) is 20.1. The van der Waals surface area contributed by atoms with Gasteiger partial charge in [0.05, 0.1) is 16.9 Å². The van der Waals surface area contributed by atoms with Crippen LogP contribution in [-0.4, -0.2) is 16.9 Å². The number of hydrogen-bond donors (Lipinski definition) is 0. The van der Waals surface area contributed by atoms with E-state index in [2.05, 4.69) is 18.8 Å². The minimum atomic E-state index is -0.392. The summed E-state index contributed by atoms with van der Waals surface area (Å²) in [5.74, 6) is -0.113. The van der Waals surface area contributed by atoms with Gasteiger partial charge in [0.15, 0.2) is 5.13 Å². The number of hydrogen-bond acceptors (Lipinski definition) is 5. The number of carbonyl (C=O) groups is 2. The van der Waals surface area contributed by atoms with Gasteiger partial charge in [-0.1, -0.05) is 44.2 Å². The van der Waals surface area contributed by atoms with Gasteiger partial charge < -0.3 is 4.74 Å². The minimum Gasteiger partial charge on any atom is -0.456 e. The second kappa shape index (κ2) is 8.80. The number of esters is 1. The second-order valence-electron chi connectivity index (χ2n) is 6.66. The Balaban J connectivity index is 1.67. The van der Waals surface area contributed by atoms with Gasteiger partial charge in [-0.3, -0.25) is 9.69 Å². The summed E-state index contributed by atoms with van der Waals surface area (Å²) in [6.07, 6.45) is 0. The van der Waals surface area contributed by atoms with Crippen molar-refractivity contribution in [3.05, 3.63) is 76.8 Å². The first-order valence-corrected chi connectivity index (χ1v) is 9.91. The molecule has 0 atom stereocenters. The third kappa shape index (κ3) is 4.64. The lowest BCUT2D eigenvalue weighted by Gasteiger charge is -2.17. The number of para-hydroxylation sites is 1. The van der Waals surface area contributed by atoms with Gasteiger partial charge in [-0.2, -0.15) is 0 Å². The molecule has 0 N–H and O–H groups in total. The number of anilines is 2. The Morgan fingerprint density at radius 1 is 1.07 bits per heavy atom. The van der Waals surface area contributed by atoms with Gasteiger partial charge in [-0.15, -0.1) is 11.3 Å². The molecule has 1 heterocycles. The Morgan fingerprint density at radius 2 is 1.75 bits per heavy atom. The summed E-state index contributed by atoms with van der Waals surface area (Å²) < 4.78 is 5.38. The van der Waals surface area contributed by atoms with Crippen LogP contribution in [0.3, 0.4) is 0 Å². The average molecular weight is 394 g/mol. The third-order valence-electron chi connectivity index (χ3n) is 4.22. The summed E-state index contributed by atoms with van der Waals surface area (Å²) in [4.78, 5) is 30.3. The van der Waals surface area contributed by atoms with Crippen molar-refractivity contribution in [2.24, 2.45) is 0 Å². The number of carbonyl (C=O) groups excluding carboxylic acids is 2. The maximum Gasteiger partial charge on any atom is 0.338 e. The van der Waals surface area contributed by atoms with E-state index >= 15 is 0 Å². The van der Waals surface area contributed by atoms with E-state index in [1.165, 1.54) is 23.8 Å². The minimum absolute atomic E-state index is 0.0573. The zero-order valence-electron chi connectivity index (χ0n) is 16.1.